The summed E-state index contributed by atoms with van der Waals surface area (Å²) in [7, 11) is 0. The Balaban J connectivity index is 1.56. The van der Waals surface area contributed by atoms with Crippen molar-refractivity contribution in [3.8, 4) is 5.75 Å². The van der Waals surface area contributed by atoms with Gasteiger partial charge in [0.1, 0.15) is 22.9 Å². The Bertz CT molecular complexity index is 1030. The van der Waals surface area contributed by atoms with Crippen LogP contribution in [0.15, 0.2) is 28.8 Å². The number of benzene rings is 1. The lowest BCUT2D eigenvalue weighted by Gasteiger charge is -2.43. The van der Waals surface area contributed by atoms with Gasteiger partial charge in [0.15, 0.2) is 0 Å². The lowest BCUT2D eigenvalue weighted by Crippen LogP contribution is -2.52. The van der Waals surface area contributed by atoms with E-state index >= 15 is 0 Å². The maximum atomic E-state index is 13.6. The number of nitrogens with zero attached hydrogens (tertiary/aromatic N) is 3. The zero-order valence-electron chi connectivity index (χ0n) is 20.7. The number of ether oxygens (including phenoxy) is 2. The van der Waals surface area contributed by atoms with Crippen molar-refractivity contribution in [3.05, 3.63) is 47.1 Å². The summed E-state index contributed by atoms with van der Waals surface area (Å²) in [5.74, 6) is 0.651. The Morgan fingerprint density at radius 2 is 1.86 bits per heavy atom. The molecule has 1 aromatic heterocycles. The van der Waals surface area contributed by atoms with Crippen molar-refractivity contribution in [3.63, 3.8) is 0 Å². The minimum absolute atomic E-state index is 0.0364. The summed E-state index contributed by atoms with van der Waals surface area (Å²) >= 11 is 0. The van der Waals surface area contributed by atoms with Gasteiger partial charge < -0.3 is 23.8 Å². The number of rotatable bonds is 7. The van der Waals surface area contributed by atoms with Crippen LogP contribution >= 0.6 is 0 Å². The number of amides is 2. The molecule has 1 atom stereocenters. The van der Waals surface area contributed by atoms with Crippen LogP contribution in [0.1, 0.15) is 60.8 Å². The number of morpholine rings is 1. The van der Waals surface area contributed by atoms with E-state index in [9.17, 15) is 14.0 Å². The first kappa shape index (κ1) is 25.2. The van der Waals surface area contributed by atoms with Crippen molar-refractivity contribution in [2.45, 2.75) is 46.0 Å². The minimum Gasteiger partial charge on any atom is -0.493 e. The van der Waals surface area contributed by atoms with Gasteiger partial charge in [0, 0.05) is 38.0 Å². The number of piperidine rings is 1. The van der Waals surface area contributed by atoms with E-state index in [1.54, 1.807) is 24.0 Å². The van der Waals surface area contributed by atoms with E-state index < -0.39 is 5.41 Å². The van der Waals surface area contributed by atoms with Gasteiger partial charge in [-0.25, -0.2) is 4.39 Å². The molecule has 0 radical (unpaired) electrons. The third kappa shape index (κ3) is 5.83. The second-order valence-electron chi connectivity index (χ2n) is 9.90. The molecule has 9 heteroatoms. The number of aryl methyl sites for hydroxylation is 1. The molecule has 0 spiro atoms. The average molecular weight is 488 g/mol. The quantitative estimate of drug-likeness (QED) is 0.591. The topological polar surface area (TPSA) is 85.1 Å². The molecule has 0 saturated carbocycles. The molecule has 0 aliphatic carbocycles. The highest BCUT2D eigenvalue weighted by atomic mass is 19.1. The zero-order chi connectivity index (χ0) is 25.0. The van der Waals surface area contributed by atoms with E-state index in [0.29, 0.717) is 62.2 Å². The Morgan fingerprint density at radius 3 is 2.54 bits per heavy atom. The summed E-state index contributed by atoms with van der Waals surface area (Å²) in [5, 5.41) is 4.11. The summed E-state index contributed by atoms with van der Waals surface area (Å²) < 4.78 is 30.2. The molecule has 0 unspecified atom stereocenters. The predicted molar refractivity (Wildman–Crippen MR) is 127 cm³/mol. The summed E-state index contributed by atoms with van der Waals surface area (Å²) in [6, 6.07) is 5.85. The lowest BCUT2D eigenvalue weighted by atomic mass is 9.77. The van der Waals surface area contributed by atoms with Gasteiger partial charge in [-0.05, 0) is 49.9 Å². The molecule has 0 bridgehead atoms. The van der Waals surface area contributed by atoms with Crippen molar-refractivity contribution in [1.29, 1.82) is 0 Å². The Hall–Kier alpha value is -2.94. The second-order valence-corrected chi connectivity index (χ2v) is 9.90. The van der Waals surface area contributed by atoms with Crippen molar-refractivity contribution < 1.29 is 28.0 Å². The maximum Gasteiger partial charge on any atom is 0.259 e. The Kier molecular flexibility index (Phi) is 7.74. The SMILES string of the molecule is Cc1onc(C(C)C)c1C(=O)N1CCC[C@@](COc2ccc(F)cc2)(CC(=O)N2CCOCC2)C1. The molecule has 2 aliphatic rings. The van der Waals surface area contributed by atoms with Crippen molar-refractivity contribution in [1.82, 2.24) is 15.0 Å². The van der Waals surface area contributed by atoms with Gasteiger partial charge in [-0.2, -0.15) is 0 Å². The third-order valence-corrected chi connectivity index (χ3v) is 6.85. The molecule has 1 aromatic carbocycles. The number of carbonyl (C=O) groups is 2. The number of hydrogen-bond donors (Lipinski definition) is 0. The molecule has 190 valence electrons. The summed E-state index contributed by atoms with van der Waals surface area (Å²) in [6.45, 7) is 9.11. The minimum atomic E-state index is -0.569. The van der Waals surface area contributed by atoms with Crippen molar-refractivity contribution in [2.24, 2.45) is 5.41 Å². The molecular weight excluding hydrogens is 453 g/mol. The van der Waals surface area contributed by atoms with Gasteiger partial charge in [-0.1, -0.05) is 19.0 Å². The van der Waals surface area contributed by atoms with Crippen LogP contribution in [0.2, 0.25) is 0 Å². The third-order valence-electron chi connectivity index (χ3n) is 6.85. The molecule has 2 amide bonds. The molecular formula is C26H34FN3O5. The highest BCUT2D eigenvalue weighted by molar-refractivity contribution is 5.96. The summed E-state index contributed by atoms with van der Waals surface area (Å²) in [6.07, 6.45) is 1.75. The van der Waals surface area contributed by atoms with E-state index in [2.05, 4.69) is 5.16 Å². The van der Waals surface area contributed by atoms with Gasteiger partial charge in [0.25, 0.3) is 5.91 Å². The van der Waals surface area contributed by atoms with Gasteiger partial charge in [-0.15, -0.1) is 0 Å². The van der Waals surface area contributed by atoms with Gasteiger partial charge >= 0.3 is 0 Å². The molecule has 35 heavy (non-hydrogen) atoms. The van der Waals surface area contributed by atoms with Crippen LogP contribution < -0.4 is 4.74 Å². The van der Waals surface area contributed by atoms with E-state index in [4.69, 9.17) is 14.0 Å². The highest BCUT2D eigenvalue weighted by Gasteiger charge is 2.42. The first-order valence-electron chi connectivity index (χ1n) is 12.3. The molecule has 2 aromatic rings. The van der Waals surface area contributed by atoms with Crippen LogP contribution in [-0.4, -0.2) is 72.8 Å². The van der Waals surface area contributed by atoms with E-state index in [1.165, 1.54) is 12.1 Å². The fourth-order valence-electron chi connectivity index (χ4n) is 4.91. The van der Waals surface area contributed by atoms with Gasteiger partial charge in [-0.3, -0.25) is 9.59 Å². The van der Waals surface area contributed by atoms with Crippen LogP contribution in [-0.2, 0) is 9.53 Å². The maximum absolute atomic E-state index is 13.6. The molecule has 4 rings (SSSR count). The van der Waals surface area contributed by atoms with Crippen LogP contribution in [0.25, 0.3) is 0 Å². The fourth-order valence-corrected chi connectivity index (χ4v) is 4.91. The molecule has 8 nitrogen and oxygen atoms in total. The first-order valence-corrected chi connectivity index (χ1v) is 12.3. The van der Waals surface area contributed by atoms with Crippen LogP contribution in [0.3, 0.4) is 0 Å². The lowest BCUT2D eigenvalue weighted by molar-refractivity contribution is -0.139. The summed E-state index contributed by atoms with van der Waals surface area (Å²) in [4.78, 5) is 30.5. The van der Waals surface area contributed by atoms with Crippen LogP contribution in [0.5, 0.6) is 5.75 Å². The van der Waals surface area contributed by atoms with Crippen LogP contribution in [0.4, 0.5) is 4.39 Å². The zero-order valence-corrected chi connectivity index (χ0v) is 20.7. The number of likely N-dealkylation sites (tertiary alicyclic amines) is 1. The van der Waals surface area contributed by atoms with Gasteiger partial charge in [0.2, 0.25) is 5.91 Å². The average Bonchev–Trinajstić information content (AvgIpc) is 3.25. The van der Waals surface area contributed by atoms with E-state index in [1.807, 2.05) is 18.7 Å². The Labute approximate surface area is 205 Å². The molecule has 2 saturated heterocycles. The van der Waals surface area contributed by atoms with Crippen molar-refractivity contribution >= 4 is 11.8 Å². The van der Waals surface area contributed by atoms with E-state index in [-0.39, 0.29) is 36.6 Å². The van der Waals surface area contributed by atoms with E-state index in [0.717, 1.165) is 12.8 Å². The number of aromatic nitrogens is 1. The normalized spacial score (nSPS) is 20.8. The fraction of sp³-hybridized carbons (Fsp3) is 0.577. The van der Waals surface area contributed by atoms with Crippen LogP contribution in [0, 0.1) is 18.2 Å². The summed E-state index contributed by atoms with van der Waals surface area (Å²) in [5.41, 5.74) is 0.589. The molecule has 0 N–H and O–H groups in total. The van der Waals surface area contributed by atoms with Gasteiger partial charge in [0.05, 0.1) is 25.5 Å². The number of halogens is 1. The Morgan fingerprint density at radius 1 is 1.14 bits per heavy atom. The second kappa shape index (κ2) is 10.8. The smallest absolute Gasteiger partial charge is 0.259 e. The number of carbonyl (C=O) groups excluding carboxylic acids is 2. The monoisotopic (exact) mass is 487 g/mol. The molecule has 3 heterocycles. The molecule has 2 aliphatic heterocycles. The molecule has 2 fully saturated rings. The largest absolute Gasteiger partial charge is 0.493 e. The first-order chi connectivity index (χ1) is 16.8. The van der Waals surface area contributed by atoms with Crippen molar-refractivity contribution in [2.75, 3.05) is 46.0 Å². The standard InChI is InChI=1S/C26H34FN3O5/c1-18(2)24-23(19(3)35-28-24)25(32)30-10-4-9-26(16-30,15-22(31)29-11-13-33-14-12-29)17-34-21-7-5-20(27)6-8-21/h5-8,18H,4,9-17H2,1-3H3/t26-/m1/s1. The highest BCUT2D eigenvalue weighted by Crippen LogP contribution is 2.37. The number of hydrogen-bond acceptors (Lipinski definition) is 6. The predicted octanol–water partition coefficient (Wildman–Crippen LogP) is 3.80.